The number of nitrogens with zero attached hydrogens (tertiary/aromatic N) is 2. The van der Waals surface area contributed by atoms with Gasteiger partial charge in [0, 0.05) is 35.5 Å². The molecular weight excluding hydrogens is 314 g/mol. The molecular formula is C16H20BrN3. The summed E-state index contributed by atoms with van der Waals surface area (Å²) in [6.45, 7) is 4.01. The topological polar surface area (TPSA) is 28.2 Å². The summed E-state index contributed by atoms with van der Waals surface area (Å²) in [7, 11) is 2.05. The number of para-hydroxylation sites is 1. The molecule has 0 aliphatic heterocycles. The van der Waals surface area contributed by atoms with Crippen molar-refractivity contribution in [3.8, 4) is 0 Å². The summed E-state index contributed by atoms with van der Waals surface area (Å²) in [5, 5.41) is 3.44. The Kier molecular flexibility index (Phi) is 5.56. The second-order valence-electron chi connectivity index (χ2n) is 4.71. The van der Waals surface area contributed by atoms with Crippen LogP contribution in [0.5, 0.6) is 0 Å². The molecule has 0 saturated carbocycles. The third kappa shape index (κ3) is 3.81. The second-order valence-corrected chi connectivity index (χ2v) is 5.62. The highest BCUT2D eigenvalue weighted by molar-refractivity contribution is 9.10. The normalized spacial score (nSPS) is 10.6. The summed E-state index contributed by atoms with van der Waals surface area (Å²) < 4.78 is 1.01. The molecule has 0 fully saturated rings. The van der Waals surface area contributed by atoms with Gasteiger partial charge in [-0.1, -0.05) is 25.1 Å². The zero-order chi connectivity index (χ0) is 14.4. The van der Waals surface area contributed by atoms with Crippen LogP contribution in [0.3, 0.4) is 0 Å². The van der Waals surface area contributed by atoms with Crippen molar-refractivity contribution in [2.45, 2.75) is 19.9 Å². The van der Waals surface area contributed by atoms with Gasteiger partial charge in [0.15, 0.2) is 0 Å². The summed E-state index contributed by atoms with van der Waals surface area (Å²) >= 11 is 3.50. The van der Waals surface area contributed by atoms with E-state index in [4.69, 9.17) is 0 Å². The molecule has 0 unspecified atom stereocenters. The van der Waals surface area contributed by atoms with E-state index in [0.29, 0.717) is 0 Å². The van der Waals surface area contributed by atoms with E-state index in [9.17, 15) is 0 Å². The van der Waals surface area contributed by atoms with E-state index in [1.807, 2.05) is 24.4 Å². The SMILES string of the molecule is CCCNCc1cc(Br)cnc1N(C)c1ccccc1. The molecule has 1 N–H and O–H groups in total. The molecule has 1 aromatic carbocycles. The lowest BCUT2D eigenvalue weighted by molar-refractivity contribution is 0.673. The molecule has 0 spiro atoms. The smallest absolute Gasteiger partial charge is 0.137 e. The van der Waals surface area contributed by atoms with Crippen molar-refractivity contribution in [1.29, 1.82) is 0 Å². The van der Waals surface area contributed by atoms with Gasteiger partial charge in [0.2, 0.25) is 0 Å². The van der Waals surface area contributed by atoms with E-state index in [1.165, 1.54) is 5.56 Å². The third-order valence-corrected chi connectivity index (χ3v) is 3.55. The van der Waals surface area contributed by atoms with Gasteiger partial charge in [0.25, 0.3) is 0 Å². The molecule has 0 bridgehead atoms. The van der Waals surface area contributed by atoms with Crippen molar-refractivity contribution >= 4 is 27.4 Å². The maximum absolute atomic E-state index is 4.57. The van der Waals surface area contributed by atoms with Crippen LogP contribution in [0, 0.1) is 0 Å². The summed E-state index contributed by atoms with van der Waals surface area (Å²) in [6.07, 6.45) is 2.98. The molecule has 2 rings (SSSR count). The van der Waals surface area contributed by atoms with Gasteiger partial charge in [-0.05, 0) is 47.1 Å². The van der Waals surface area contributed by atoms with Crippen LogP contribution >= 0.6 is 15.9 Å². The Hall–Kier alpha value is -1.39. The lowest BCUT2D eigenvalue weighted by Crippen LogP contribution is -2.19. The minimum absolute atomic E-state index is 0.826. The highest BCUT2D eigenvalue weighted by Gasteiger charge is 2.11. The predicted molar refractivity (Wildman–Crippen MR) is 88.4 cm³/mol. The first-order valence-corrected chi connectivity index (χ1v) is 7.65. The van der Waals surface area contributed by atoms with Crippen molar-refractivity contribution < 1.29 is 0 Å². The number of anilines is 2. The van der Waals surface area contributed by atoms with Crippen LogP contribution in [0.4, 0.5) is 11.5 Å². The van der Waals surface area contributed by atoms with E-state index in [-0.39, 0.29) is 0 Å². The standard InChI is InChI=1S/C16H20BrN3/c1-3-9-18-11-13-10-14(17)12-19-16(13)20(2)15-7-5-4-6-8-15/h4-8,10,12,18H,3,9,11H2,1-2H3. The average Bonchev–Trinajstić information content (AvgIpc) is 2.48. The number of halogens is 1. The van der Waals surface area contributed by atoms with Gasteiger partial charge in [-0.25, -0.2) is 4.98 Å². The first-order valence-electron chi connectivity index (χ1n) is 6.86. The first-order chi connectivity index (χ1) is 9.72. The summed E-state index contributed by atoms with van der Waals surface area (Å²) in [5.41, 5.74) is 2.33. The number of pyridine rings is 1. The monoisotopic (exact) mass is 333 g/mol. The van der Waals surface area contributed by atoms with Crippen molar-refractivity contribution in [2.24, 2.45) is 0 Å². The van der Waals surface area contributed by atoms with Crippen LogP contribution in [0.15, 0.2) is 47.1 Å². The molecule has 1 aromatic heterocycles. The van der Waals surface area contributed by atoms with Crippen molar-refractivity contribution in [2.75, 3.05) is 18.5 Å². The van der Waals surface area contributed by atoms with Gasteiger partial charge in [-0.2, -0.15) is 0 Å². The predicted octanol–water partition coefficient (Wildman–Crippen LogP) is 4.11. The maximum Gasteiger partial charge on any atom is 0.137 e. The zero-order valence-corrected chi connectivity index (χ0v) is 13.5. The van der Waals surface area contributed by atoms with E-state index >= 15 is 0 Å². The molecule has 3 nitrogen and oxygen atoms in total. The Morgan fingerprint density at radius 1 is 1.25 bits per heavy atom. The van der Waals surface area contributed by atoms with Crippen molar-refractivity contribution in [3.63, 3.8) is 0 Å². The maximum atomic E-state index is 4.57. The molecule has 106 valence electrons. The Morgan fingerprint density at radius 2 is 2.00 bits per heavy atom. The molecule has 0 aliphatic rings. The van der Waals surface area contributed by atoms with Gasteiger partial charge < -0.3 is 10.2 Å². The lowest BCUT2D eigenvalue weighted by Gasteiger charge is -2.21. The highest BCUT2D eigenvalue weighted by Crippen LogP contribution is 2.26. The fraction of sp³-hybridized carbons (Fsp3) is 0.312. The molecule has 0 atom stereocenters. The van der Waals surface area contributed by atoms with Crippen LogP contribution in [-0.4, -0.2) is 18.6 Å². The number of nitrogens with one attached hydrogen (secondary N) is 1. The molecule has 0 amide bonds. The van der Waals surface area contributed by atoms with E-state index in [1.54, 1.807) is 0 Å². The van der Waals surface area contributed by atoms with E-state index in [2.05, 4.69) is 63.3 Å². The van der Waals surface area contributed by atoms with Gasteiger partial charge in [-0.3, -0.25) is 0 Å². The zero-order valence-electron chi connectivity index (χ0n) is 11.9. The first kappa shape index (κ1) is 15.0. The van der Waals surface area contributed by atoms with Crippen LogP contribution in [-0.2, 0) is 6.54 Å². The van der Waals surface area contributed by atoms with E-state index < -0.39 is 0 Å². The van der Waals surface area contributed by atoms with Gasteiger partial charge in [0.1, 0.15) is 5.82 Å². The quantitative estimate of drug-likeness (QED) is 0.806. The Morgan fingerprint density at radius 3 is 2.70 bits per heavy atom. The number of hydrogen-bond acceptors (Lipinski definition) is 3. The minimum atomic E-state index is 0.826. The molecule has 0 saturated heterocycles. The number of aromatic nitrogens is 1. The van der Waals surface area contributed by atoms with Crippen molar-refractivity contribution in [1.82, 2.24) is 10.3 Å². The largest absolute Gasteiger partial charge is 0.329 e. The molecule has 2 aromatic rings. The number of rotatable bonds is 6. The molecule has 0 radical (unpaired) electrons. The van der Waals surface area contributed by atoms with E-state index in [0.717, 1.165) is 35.5 Å². The molecule has 1 heterocycles. The van der Waals surface area contributed by atoms with Crippen LogP contribution in [0.1, 0.15) is 18.9 Å². The lowest BCUT2D eigenvalue weighted by atomic mass is 10.2. The number of hydrogen-bond donors (Lipinski definition) is 1. The van der Waals surface area contributed by atoms with Gasteiger partial charge in [0.05, 0.1) is 0 Å². The third-order valence-electron chi connectivity index (χ3n) is 3.11. The van der Waals surface area contributed by atoms with Gasteiger partial charge in [-0.15, -0.1) is 0 Å². The number of benzene rings is 1. The second kappa shape index (κ2) is 7.41. The highest BCUT2D eigenvalue weighted by atomic mass is 79.9. The molecule has 20 heavy (non-hydrogen) atoms. The summed E-state index contributed by atoms with van der Waals surface area (Å²) in [5.74, 6) is 0.989. The fourth-order valence-corrected chi connectivity index (χ4v) is 2.46. The summed E-state index contributed by atoms with van der Waals surface area (Å²) in [4.78, 5) is 6.69. The Labute approximate surface area is 129 Å². The Balaban J connectivity index is 2.25. The minimum Gasteiger partial charge on any atom is -0.329 e. The summed E-state index contributed by atoms with van der Waals surface area (Å²) in [6, 6.07) is 12.4. The molecule has 0 aliphatic carbocycles. The van der Waals surface area contributed by atoms with Crippen LogP contribution in [0.25, 0.3) is 0 Å². The van der Waals surface area contributed by atoms with Gasteiger partial charge >= 0.3 is 0 Å². The van der Waals surface area contributed by atoms with Crippen LogP contribution in [0.2, 0.25) is 0 Å². The molecule has 4 heteroatoms. The fourth-order valence-electron chi connectivity index (χ4n) is 2.08. The van der Waals surface area contributed by atoms with Crippen molar-refractivity contribution in [3.05, 3.63) is 52.6 Å². The van der Waals surface area contributed by atoms with Crippen LogP contribution < -0.4 is 10.2 Å². The average molecular weight is 334 g/mol. The Bertz CT molecular complexity index is 543.